The van der Waals surface area contributed by atoms with E-state index in [1.165, 1.54) is 0 Å². The van der Waals surface area contributed by atoms with Crippen molar-refractivity contribution in [3.63, 3.8) is 0 Å². The molecule has 0 aromatic heterocycles. The van der Waals surface area contributed by atoms with Crippen LogP contribution in [0.1, 0.15) is 5.56 Å². The molecule has 1 N–H and O–H groups in total. The molecule has 0 aliphatic rings. The number of benzene rings is 2. The van der Waals surface area contributed by atoms with E-state index in [9.17, 15) is 8.42 Å². The van der Waals surface area contributed by atoms with Crippen molar-refractivity contribution in [3.05, 3.63) is 60.2 Å². The van der Waals surface area contributed by atoms with Gasteiger partial charge in [0.05, 0.1) is 11.5 Å². The summed E-state index contributed by atoms with van der Waals surface area (Å²) in [7, 11) is -1.87. The zero-order valence-electron chi connectivity index (χ0n) is 12.4. The van der Waals surface area contributed by atoms with Gasteiger partial charge in [0, 0.05) is 13.7 Å². The Labute approximate surface area is 130 Å². The molecule has 0 spiro atoms. The fraction of sp³-hybridized carbons (Fsp3) is 0.250. The van der Waals surface area contributed by atoms with Gasteiger partial charge in [-0.3, -0.25) is 0 Å². The predicted molar refractivity (Wildman–Crippen MR) is 84.3 cm³/mol. The van der Waals surface area contributed by atoms with Crippen LogP contribution < -0.4 is 9.46 Å². The molecule has 0 aliphatic heterocycles. The van der Waals surface area contributed by atoms with Gasteiger partial charge >= 0.3 is 0 Å². The van der Waals surface area contributed by atoms with Gasteiger partial charge < -0.3 is 9.47 Å². The van der Waals surface area contributed by atoms with E-state index in [2.05, 4.69) is 4.72 Å². The number of methoxy groups -OCH3 is 1. The van der Waals surface area contributed by atoms with Crippen molar-refractivity contribution in [2.75, 3.05) is 20.3 Å². The monoisotopic (exact) mass is 321 g/mol. The van der Waals surface area contributed by atoms with E-state index < -0.39 is 10.0 Å². The molecule has 0 unspecified atom stereocenters. The molecule has 0 saturated carbocycles. The highest BCUT2D eigenvalue weighted by Crippen LogP contribution is 2.13. The van der Waals surface area contributed by atoms with Crippen LogP contribution in [0.15, 0.2) is 59.5 Å². The molecule has 0 amide bonds. The summed E-state index contributed by atoms with van der Waals surface area (Å²) in [5, 5.41) is 0. The lowest BCUT2D eigenvalue weighted by molar-refractivity contribution is 0.146. The summed E-state index contributed by atoms with van der Waals surface area (Å²) in [5.41, 5.74) is 0.860. The lowest BCUT2D eigenvalue weighted by Gasteiger charge is -2.08. The molecule has 2 aromatic carbocycles. The fourth-order valence-corrected chi connectivity index (χ4v) is 2.85. The molecular formula is C16H19NO4S. The summed E-state index contributed by atoms with van der Waals surface area (Å²) in [4.78, 5) is 0.259. The number of hydrogen-bond donors (Lipinski definition) is 1. The van der Waals surface area contributed by atoms with Crippen LogP contribution in [0.25, 0.3) is 0 Å². The minimum absolute atomic E-state index is 0.232. The van der Waals surface area contributed by atoms with Crippen LogP contribution in [-0.4, -0.2) is 28.7 Å². The van der Waals surface area contributed by atoms with Crippen molar-refractivity contribution in [3.8, 4) is 5.75 Å². The van der Waals surface area contributed by atoms with Crippen LogP contribution in [0.2, 0.25) is 0 Å². The first-order valence-electron chi connectivity index (χ1n) is 6.87. The molecule has 0 atom stereocenters. The molecule has 0 fully saturated rings. The van der Waals surface area contributed by atoms with Crippen LogP contribution in [0, 0.1) is 0 Å². The van der Waals surface area contributed by atoms with E-state index in [1.807, 2.05) is 24.3 Å². The molecule has 0 saturated heterocycles. The molecule has 0 bridgehead atoms. The second kappa shape index (κ2) is 7.93. The van der Waals surface area contributed by atoms with Gasteiger partial charge in [-0.05, 0) is 29.8 Å². The first kappa shape index (κ1) is 16.5. The number of sulfonamides is 1. The minimum atomic E-state index is -3.48. The maximum absolute atomic E-state index is 12.1. The Kier molecular flexibility index (Phi) is 5.94. The van der Waals surface area contributed by atoms with Gasteiger partial charge in [-0.15, -0.1) is 0 Å². The third-order valence-corrected chi connectivity index (χ3v) is 4.42. The van der Waals surface area contributed by atoms with Crippen LogP contribution in [0.5, 0.6) is 5.75 Å². The van der Waals surface area contributed by atoms with Crippen molar-refractivity contribution < 1.29 is 17.9 Å². The highest BCUT2D eigenvalue weighted by molar-refractivity contribution is 7.89. The van der Waals surface area contributed by atoms with Gasteiger partial charge in [0.2, 0.25) is 10.0 Å². The number of rotatable bonds is 8. The van der Waals surface area contributed by atoms with E-state index in [4.69, 9.17) is 9.47 Å². The van der Waals surface area contributed by atoms with E-state index in [1.54, 1.807) is 37.4 Å². The first-order valence-corrected chi connectivity index (χ1v) is 8.35. The molecule has 2 aromatic rings. The van der Waals surface area contributed by atoms with Crippen molar-refractivity contribution in [1.29, 1.82) is 0 Å². The molecule has 0 heterocycles. The lowest BCUT2D eigenvalue weighted by atomic mass is 10.2. The Balaban J connectivity index is 1.91. The standard InChI is InChI=1S/C16H19NO4S/c1-20-11-12-21-15-9-7-14(8-10-15)13-17-22(18,19)16-5-3-2-4-6-16/h2-10,17H,11-13H2,1H3. The highest BCUT2D eigenvalue weighted by Gasteiger charge is 2.12. The Morgan fingerprint density at radius 2 is 1.64 bits per heavy atom. The molecule has 118 valence electrons. The first-order chi connectivity index (χ1) is 10.6. The van der Waals surface area contributed by atoms with E-state index in [0.29, 0.717) is 13.2 Å². The summed E-state index contributed by atoms with van der Waals surface area (Å²) in [6, 6.07) is 15.6. The summed E-state index contributed by atoms with van der Waals surface area (Å²) in [6.45, 7) is 1.24. The quantitative estimate of drug-likeness (QED) is 0.757. The summed E-state index contributed by atoms with van der Waals surface area (Å²) in [6.07, 6.45) is 0. The molecule has 2 rings (SSSR count). The molecule has 0 radical (unpaired) electrons. The zero-order valence-corrected chi connectivity index (χ0v) is 13.2. The van der Waals surface area contributed by atoms with Crippen LogP contribution in [0.3, 0.4) is 0 Å². The van der Waals surface area contributed by atoms with Crippen molar-refractivity contribution in [1.82, 2.24) is 4.72 Å². The normalized spacial score (nSPS) is 11.3. The summed E-state index contributed by atoms with van der Waals surface area (Å²) in [5.74, 6) is 0.728. The third-order valence-electron chi connectivity index (χ3n) is 3.00. The average Bonchev–Trinajstić information content (AvgIpc) is 2.55. The van der Waals surface area contributed by atoms with Crippen molar-refractivity contribution in [2.45, 2.75) is 11.4 Å². The second-order valence-electron chi connectivity index (χ2n) is 4.62. The van der Waals surface area contributed by atoms with E-state index in [-0.39, 0.29) is 11.4 Å². The minimum Gasteiger partial charge on any atom is -0.491 e. The highest BCUT2D eigenvalue weighted by atomic mass is 32.2. The van der Waals surface area contributed by atoms with E-state index >= 15 is 0 Å². The number of hydrogen-bond acceptors (Lipinski definition) is 4. The fourth-order valence-electron chi connectivity index (χ4n) is 1.81. The van der Waals surface area contributed by atoms with Gasteiger partial charge in [0.25, 0.3) is 0 Å². The molecular weight excluding hydrogens is 302 g/mol. The van der Waals surface area contributed by atoms with Crippen LogP contribution in [0.4, 0.5) is 0 Å². The summed E-state index contributed by atoms with van der Waals surface area (Å²) < 4.78 is 37.1. The largest absolute Gasteiger partial charge is 0.491 e. The smallest absolute Gasteiger partial charge is 0.240 e. The van der Waals surface area contributed by atoms with Gasteiger partial charge in [0.1, 0.15) is 12.4 Å². The molecule has 0 aliphatic carbocycles. The predicted octanol–water partition coefficient (Wildman–Crippen LogP) is 2.19. The maximum Gasteiger partial charge on any atom is 0.240 e. The van der Waals surface area contributed by atoms with E-state index in [0.717, 1.165) is 11.3 Å². The Hall–Kier alpha value is -1.89. The topological polar surface area (TPSA) is 64.6 Å². The lowest BCUT2D eigenvalue weighted by Crippen LogP contribution is -2.23. The maximum atomic E-state index is 12.1. The van der Waals surface area contributed by atoms with Crippen molar-refractivity contribution >= 4 is 10.0 Å². The van der Waals surface area contributed by atoms with Gasteiger partial charge in [-0.1, -0.05) is 30.3 Å². The zero-order chi connectivity index (χ0) is 15.8. The van der Waals surface area contributed by atoms with Gasteiger partial charge in [-0.2, -0.15) is 0 Å². The van der Waals surface area contributed by atoms with Crippen LogP contribution in [-0.2, 0) is 21.3 Å². The molecule has 5 nitrogen and oxygen atoms in total. The molecule has 6 heteroatoms. The third kappa shape index (κ3) is 4.84. The summed E-state index contributed by atoms with van der Waals surface area (Å²) >= 11 is 0. The Morgan fingerprint density at radius 3 is 2.27 bits per heavy atom. The average molecular weight is 321 g/mol. The van der Waals surface area contributed by atoms with Crippen molar-refractivity contribution in [2.24, 2.45) is 0 Å². The SMILES string of the molecule is COCCOc1ccc(CNS(=O)(=O)c2ccccc2)cc1. The van der Waals surface area contributed by atoms with Gasteiger partial charge in [-0.25, -0.2) is 13.1 Å². The number of nitrogens with one attached hydrogen (secondary N) is 1. The second-order valence-corrected chi connectivity index (χ2v) is 6.39. The Bertz CT molecular complexity index is 669. The molecule has 22 heavy (non-hydrogen) atoms. The van der Waals surface area contributed by atoms with Gasteiger partial charge in [0.15, 0.2) is 0 Å². The number of ether oxygens (including phenoxy) is 2. The Morgan fingerprint density at radius 1 is 0.955 bits per heavy atom. The van der Waals surface area contributed by atoms with Crippen LogP contribution >= 0.6 is 0 Å².